The largest absolute Gasteiger partial charge is 0.456 e. The SMILES string of the molecule is Cc1ncsc1COC(=O)c1cccc(S(=O)(=O)NC(C)(C)C)c1. The first-order valence-corrected chi connectivity index (χ1v) is 9.65. The second kappa shape index (κ2) is 7.00. The van der Waals surface area contributed by atoms with Crippen LogP contribution in [0.4, 0.5) is 0 Å². The van der Waals surface area contributed by atoms with Gasteiger partial charge >= 0.3 is 5.97 Å². The van der Waals surface area contributed by atoms with Crippen LogP contribution >= 0.6 is 11.3 Å². The zero-order chi connectivity index (χ0) is 18.0. The van der Waals surface area contributed by atoms with Gasteiger partial charge < -0.3 is 4.74 Å². The summed E-state index contributed by atoms with van der Waals surface area (Å²) < 4.78 is 32.5. The number of ether oxygens (including phenoxy) is 1. The first kappa shape index (κ1) is 18.6. The van der Waals surface area contributed by atoms with Crippen molar-refractivity contribution in [2.24, 2.45) is 0 Å². The summed E-state index contributed by atoms with van der Waals surface area (Å²) in [6.45, 7) is 7.21. The van der Waals surface area contributed by atoms with Crippen LogP contribution in [-0.2, 0) is 21.4 Å². The maximum absolute atomic E-state index is 12.3. The minimum absolute atomic E-state index is 0.0286. The standard InChI is InChI=1S/C16H20N2O4S2/c1-11-14(23-10-17-11)9-22-15(19)12-6-5-7-13(8-12)24(20,21)18-16(2,3)4/h5-8,10,18H,9H2,1-4H3. The van der Waals surface area contributed by atoms with Gasteiger partial charge in [-0.15, -0.1) is 11.3 Å². The van der Waals surface area contributed by atoms with Crippen molar-refractivity contribution in [1.29, 1.82) is 0 Å². The lowest BCUT2D eigenvalue weighted by molar-refractivity contribution is 0.0475. The molecule has 0 saturated heterocycles. The molecule has 24 heavy (non-hydrogen) atoms. The lowest BCUT2D eigenvalue weighted by atomic mass is 10.1. The van der Waals surface area contributed by atoms with E-state index in [9.17, 15) is 13.2 Å². The predicted molar refractivity (Wildman–Crippen MR) is 92.5 cm³/mol. The molecule has 0 aliphatic heterocycles. The van der Waals surface area contributed by atoms with Crippen molar-refractivity contribution in [1.82, 2.24) is 9.71 Å². The fraction of sp³-hybridized carbons (Fsp3) is 0.375. The fourth-order valence-electron chi connectivity index (χ4n) is 1.93. The Kier molecular flexibility index (Phi) is 5.42. The number of hydrogen-bond acceptors (Lipinski definition) is 6. The van der Waals surface area contributed by atoms with Gasteiger partial charge in [-0.1, -0.05) is 6.07 Å². The lowest BCUT2D eigenvalue weighted by Crippen LogP contribution is -2.40. The maximum atomic E-state index is 12.3. The first-order valence-electron chi connectivity index (χ1n) is 7.29. The molecule has 8 heteroatoms. The molecule has 130 valence electrons. The monoisotopic (exact) mass is 368 g/mol. The van der Waals surface area contributed by atoms with Gasteiger partial charge in [0.05, 0.1) is 26.5 Å². The molecule has 1 heterocycles. The van der Waals surface area contributed by atoms with E-state index in [2.05, 4.69) is 9.71 Å². The Morgan fingerprint density at radius 1 is 1.33 bits per heavy atom. The number of hydrogen-bond donors (Lipinski definition) is 1. The van der Waals surface area contributed by atoms with E-state index in [4.69, 9.17) is 4.74 Å². The third-order valence-corrected chi connectivity index (χ3v) is 5.66. The molecule has 2 aromatic rings. The summed E-state index contributed by atoms with van der Waals surface area (Å²) in [5.41, 5.74) is 2.08. The summed E-state index contributed by atoms with van der Waals surface area (Å²) in [6.07, 6.45) is 0. The van der Waals surface area contributed by atoms with Crippen molar-refractivity contribution in [3.05, 3.63) is 45.9 Å². The number of nitrogens with one attached hydrogen (secondary N) is 1. The number of nitrogens with zero attached hydrogens (tertiary/aromatic N) is 1. The van der Waals surface area contributed by atoms with Crippen LogP contribution in [-0.4, -0.2) is 24.9 Å². The Morgan fingerprint density at radius 3 is 2.62 bits per heavy atom. The van der Waals surface area contributed by atoms with E-state index in [-0.39, 0.29) is 17.1 Å². The summed E-state index contributed by atoms with van der Waals surface area (Å²) in [7, 11) is -3.70. The fourth-order valence-corrected chi connectivity index (χ4v) is 4.08. The Hall–Kier alpha value is -1.77. The van der Waals surface area contributed by atoms with E-state index >= 15 is 0 Å². The average molecular weight is 368 g/mol. The normalized spacial score (nSPS) is 12.2. The van der Waals surface area contributed by atoms with Crippen molar-refractivity contribution in [2.75, 3.05) is 0 Å². The number of sulfonamides is 1. The van der Waals surface area contributed by atoms with Crippen molar-refractivity contribution in [2.45, 2.75) is 44.7 Å². The molecule has 0 bridgehead atoms. The number of carbonyl (C=O) groups is 1. The molecule has 1 aromatic heterocycles. The molecular formula is C16H20N2O4S2. The van der Waals surface area contributed by atoms with E-state index in [0.717, 1.165) is 10.6 Å². The zero-order valence-corrected chi connectivity index (χ0v) is 15.6. The van der Waals surface area contributed by atoms with E-state index in [0.29, 0.717) is 0 Å². The second-order valence-electron chi connectivity index (χ2n) is 6.32. The summed E-state index contributed by atoms with van der Waals surface area (Å²) >= 11 is 1.41. The molecular weight excluding hydrogens is 348 g/mol. The summed E-state index contributed by atoms with van der Waals surface area (Å²) in [4.78, 5) is 17.1. The zero-order valence-electron chi connectivity index (χ0n) is 14.0. The quantitative estimate of drug-likeness (QED) is 0.820. The van der Waals surface area contributed by atoms with Crippen LogP contribution < -0.4 is 4.72 Å². The highest BCUT2D eigenvalue weighted by Gasteiger charge is 2.23. The van der Waals surface area contributed by atoms with Crippen molar-refractivity contribution < 1.29 is 17.9 Å². The molecule has 0 unspecified atom stereocenters. The van der Waals surface area contributed by atoms with Crippen molar-refractivity contribution >= 4 is 27.3 Å². The van der Waals surface area contributed by atoms with Crippen LogP contribution in [0.15, 0.2) is 34.7 Å². The van der Waals surface area contributed by atoms with Gasteiger partial charge in [0.15, 0.2) is 0 Å². The number of thiazole rings is 1. The van der Waals surface area contributed by atoms with Gasteiger partial charge in [-0.25, -0.2) is 22.9 Å². The molecule has 0 amide bonds. The van der Waals surface area contributed by atoms with Crippen LogP contribution in [0.2, 0.25) is 0 Å². The van der Waals surface area contributed by atoms with Crippen molar-refractivity contribution in [3.8, 4) is 0 Å². The Bertz CT molecular complexity index is 836. The molecule has 0 aliphatic carbocycles. The third kappa shape index (κ3) is 4.86. The lowest BCUT2D eigenvalue weighted by Gasteiger charge is -2.20. The molecule has 6 nitrogen and oxygen atoms in total. The average Bonchev–Trinajstić information content (AvgIpc) is 2.88. The second-order valence-corrected chi connectivity index (χ2v) is 8.94. The molecule has 0 atom stereocenters. The molecule has 0 spiro atoms. The van der Waals surface area contributed by atoms with Crippen LogP contribution in [0.25, 0.3) is 0 Å². The molecule has 1 aromatic carbocycles. The van der Waals surface area contributed by atoms with Gasteiger partial charge in [-0.05, 0) is 45.9 Å². The molecule has 0 fully saturated rings. The summed E-state index contributed by atoms with van der Waals surface area (Å²) in [5.74, 6) is -0.574. The van der Waals surface area contributed by atoms with Crippen LogP contribution in [0.5, 0.6) is 0 Å². The minimum Gasteiger partial charge on any atom is -0.456 e. The van der Waals surface area contributed by atoms with Crippen molar-refractivity contribution in [3.63, 3.8) is 0 Å². The molecule has 2 rings (SSSR count). The maximum Gasteiger partial charge on any atom is 0.338 e. The smallest absolute Gasteiger partial charge is 0.338 e. The number of rotatable bonds is 5. The van der Waals surface area contributed by atoms with Crippen LogP contribution in [0.1, 0.15) is 41.7 Å². The molecule has 0 saturated carbocycles. The topological polar surface area (TPSA) is 85.4 Å². The van der Waals surface area contributed by atoms with Gasteiger partial charge in [0.1, 0.15) is 6.61 Å². The van der Waals surface area contributed by atoms with Crippen LogP contribution in [0.3, 0.4) is 0 Å². The minimum atomic E-state index is -3.70. The summed E-state index contributed by atoms with van der Waals surface area (Å²) in [5, 5.41) is 0. The molecule has 0 aliphatic rings. The first-order chi connectivity index (χ1) is 11.1. The molecule has 0 radical (unpaired) electrons. The number of carbonyl (C=O) groups excluding carboxylic acids is 1. The predicted octanol–water partition coefficient (Wildman–Crippen LogP) is 2.89. The summed E-state index contributed by atoms with van der Waals surface area (Å²) in [6, 6.07) is 5.80. The highest BCUT2D eigenvalue weighted by atomic mass is 32.2. The van der Waals surface area contributed by atoms with E-state index in [1.54, 1.807) is 26.3 Å². The Balaban J connectivity index is 2.15. The molecule has 1 N–H and O–H groups in total. The van der Waals surface area contributed by atoms with Gasteiger partial charge in [0.2, 0.25) is 10.0 Å². The van der Waals surface area contributed by atoms with Crippen LogP contribution in [0, 0.1) is 6.92 Å². The Labute approximate surface area is 145 Å². The van der Waals surface area contributed by atoms with E-state index < -0.39 is 21.5 Å². The van der Waals surface area contributed by atoms with Gasteiger partial charge in [0, 0.05) is 5.54 Å². The number of esters is 1. The van der Waals surface area contributed by atoms with E-state index in [1.807, 2.05) is 6.92 Å². The number of benzene rings is 1. The highest BCUT2D eigenvalue weighted by molar-refractivity contribution is 7.89. The van der Waals surface area contributed by atoms with Gasteiger partial charge in [-0.3, -0.25) is 0 Å². The Morgan fingerprint density at radius 2 is 2.04 bits per heavy atom. The van der Waals surface area contributed by atoms with E-state index in [1.165, 1.54) is 35.6 Å². The number of aryl methyl sites for hydroxylation is 1. The third-order valence-electron chi connectivity index (χ3n) is 3.00. The highest BCUT2D eigenvalue weighted by Crippen LogP contribution is 2.17. The van der Waals surface area contributed by atoms with Gasteiger partial charge in [0.25, 0.3) is 0 Å². The number of aromatic nitrogens is 1. The van der Waals surface area contributed by atoms with Gasteiger partial charge in [-0.2, -0.15) is 0 Å².